The summed E-state index contributed by atoms with van der Waals surface area (Å²) in [6.07, 6.45) is 1.98. The highest BCUT2D eigenvalue weighted by Gasteiger charge is 2.19. The minimum Gasteiger partial charge on any atom is -0.456 e. The second-order valence-corrected chi connectivity index (χ2v) is 13.8. The van der Waals surface area contributed by atoms with Crippen molar-refractivity contribution in [2.24, 2.45) is 0 Å². The maximum atomic E-state index is 6.41. The lowest BCUT2D eigenvalue weighted by molar-refractivity contribution is 0.669. The normalized spacial score (nSPS) is 11.6. The lowest BCUT2D eigenvalue weighted by Gasteiger charge is -2.12. The van der Waals surface area contributed by atoms with Gasteiger partial charge in [0.05, 0.1) is 5.69 Å². The summed E-state index contributed by atoms with van der Waals surface area (Å²) in [5.41, 5.74) is 8.38. The molecule has 55 heavy (non-hydrogen) atoms. The second kappa shape index (κ2) is 12.6. The molecular weight excluding hydrogens is 673 g/mol. The molecule has 0 bridgehead atoms. The Hall–Kier alpha value is -7.50. The molecule has 11 rings (SSSR count). The minimum absolute atomic E-state index is 0.588. The van der Waals surface area contributed by atoms with E-state index in [2.05, 4.69) is 97.1 Å². The van der Waals surface area contributed by atoms with Crippen LogP contribution < -0.4 is 0 Å². The van der Waals surface area contributed by atoms with Crippen LogP contribution in [0.25, 0.3) is 111 Å². The van der Waals surface area contributed by atoms with Crippen LogP contribution in [-0.4, -0.2) is 19.9 Å². The molecule has 0 saturated carbocycles. The van der Waals surface area contributed by atoms with Gasteiger partial charge in [0.25, 0.3) is 0 Å². The van der Waals surface area contributed by atoms with E-state index in [9.17, 15) is 0 Å². The van der Waals surface area contributed by atoms with Gasteiger partial charge >= 0.3 is 0 Å². The SMILES string of the molecule is c1ccc(-c2nc(-c3ccccc3)nc(-c3cccc4oc5ccc(-c6ccc(-c7ccc8c9ccccc9c9ccccc9c8c7)cn6)cc5c34)n2)cc1. The summed E-state index contributed by atoms with van der Waals surface area (Å²) in [6, 6.07) is 60.8. The van der Waals surface area contributed by atoms with Crippen molar-refractivity contribution < 1.29 is 4.42 Å². The molecule has 5 nitrogen and oxygen atoms in total. The summed E-state index contributed by atoms with van der Waals surface area (Å²) in [4.78, 5) is 20.0. The Labute approximate surface area is 316 Å². The van der Waals surface area contributed by atoms with Crippen LogP contribution in [0.15, 0.2) is 187 Å². The first-order valence-electron chi connectivity index (χ1n) is 18.4. The first kappa shape index (κ1) is 31.1. The van der Waals surface area contributed by atoms with Crippen molar-refractivity contribution in [3.8, 4) is 56.5 Å². The molecule has 8 aromatic carbocycles. The van der Waals surface area contributed by atoms with E-state index in [4.69, 9.17) is 24.4 Å². The Bertz CT molecular complexity index is 3150. The molecule has 0 N–H and O–H groups in total. The van der Waals surface area contributed by atoms with Crippen molar-refractivity contribution in [3.05, 3.63) is 182 Å². The van der Waals surface area contributed by atoms with Crippen molar-refractivity contribution in [1.29, 1.82) is 0 Å². The monoisotopic (exact) mass is 702 g/mol. The molecular formula is C50H30N4O. The average molecular weight is 703 g/mol. The fraction of sp³-hybridized carbons (Fsp3) is 0. The summed E-state index contributed by atoms with van der Waals surface area (Å²) < 4.78 is 6.41. The van der Waals surface area contributed by atoms with Gasteiger partial charge in [0.2, 0.25) is 0 Å². The van der Waals surface area contributed by atoms with Crippen molar-refractivity contribution in [2.45, 2.75) is 0 Å². The standard InChI is InChI=1S/C50H30N4O/c1-3-12-31(13-4-1)48-52-49(32-14-5-2-6-15-32)54-50(53-48)41-20-11-21-46-47(41)43-29-34(24-27-45(43)55-46)44-26-23-35(30-51-44)33-22-25-40-38-18-8-7-16-36(38)37-17-9-10-19-39(37)42(40)28-33/h1-30H. The van der Waals surface area contributed by atoms with E-state index >= 15 is 0 Å². The van der Waals surface area contributed by atoms with Gasteiger partial charge in [-0.2, -0.15) is 0 Å². The molecule has 3 aromatic heterocycles. The van der Waals surface area contributed by atoms with Crippen molar-refractivity contribution >= 4 is 54.3 Å². The highest BCUT2D eigenvalue weighted by molar-refractivity contribution is 6.25. The molecule has 11 aromatic rings. The highest BCUT2D eigenvalue weighted by atomic mass is 16.3. The number of hydrogen-bond donors (Lipinski definition) is 0. The lowest BCUT2D eigenvalue weighted by atomic mass is 9.92. The van der Waals surface area contributed by atoms with Gasteiger partial charge in [0, 0.05) is 44.8 Å². The van der Waals surface area contributed by atoms with Gasteiger partial charge in [-0.1, -0.05) is 140 Å². The number of pyridine rings is 1. The summed E-state index contributed by atoms with van der Waals surface area (Å²) in [7, 11) is 0. The highest BCUT2D eigenvalue weighted by Crippen LogP contribution is 2.40. The molecule has 0 atom stereocenters. The quantitative estimate of drug-likeness (QED) is 0.167. The third-order valence-electron chi connectivity index (χ3n) is 10.6. The van der Waals surface area contributed by atoms with Gasteiger partial charge in [0.15, 0.2) is 17.5 Å². The number of aromatic nitrogens is 4. The summed E-state index contributed by atoms with van der Waals surface area (Å²) in [6.45, 7) is 0. The molecule has 0 saturated heterocycles. The van der Waals surface area contributed by atoms with Crippen LogP contribution in [0.2, 0.25) is 0 Å². The summed E-state index contributed by atoms with van der Waals surface area (Å²) >= 11 is 0. The van der Waals surface area contributed by atoms with Crippen LogP contribution >= 0.6 is 0 Å². The van der Waals surface area contributed by atoms with Crippen LogP contribution in [-0.2, 0) is 0 Å². The topological polar surface area (TPSA) is 64.7 Å². The van der Waals surface area contributed by atoms with E-state index in [-0.39, 0.29) is 0 Å². The predicted molar refractivity (Wildman–Crippen MR) is 225 cm³/mol. The maximum absolute atomic E-state index is 6.41. The molecule has 5 heteroatoms. The molecule has 0 aliphatic rings. The van der Waals surface area contributed by atoms with Gasteiger partial charge in [-0.15, -0.1) is 0 Å². The number of nitrogens with zero attached hydrogens (tertiary/aromatic N) is 4. The summed E-state index contributed by atoms with van der Waals surface area (Å²) in [5.74, 6) is 1.82. The molecule has 0 fully saturated rings. The Balaban J connectivity index is 1.01. The van der Waals surface area contributed by atoms with Crippen LogP contribution in [0.4, 0.5) is 0 Å². The van der Waals surface area contributed by atoms with Crippen LogP contribution in [0.5, 0.6) is 0 Å². The molecule has 0 aliphatic heterocycles. The zero-order valence-electron chi connectivity index (χ0n) is 29.5. The zero-order chi connectivity index (χ0) is 36.3. The Morgan fingerprint density at radius 3 is 1.51 bits per heavy atom. The number of furan rings is 1. The third kappa shape index (κ3) is 5.24. The van der Waals surface area contributed by atoms with E-state index in [1.165, 1.54) is 32.3 Å². The number of benzene rings is 8. The molecule has 0 amide bonds. The molecule has 0 spiro atoms. The number of fused-ring (bicyclic) bond motifs is 9. The fourth-order valence-corrected chi connectivity index (χ4v) is 7.92. The largest absolute Gasteiger partial charge is 0.456 e. The maximum Gasteiger partial charge on any atom is 0.164 e. The third-order valence-corrected chi connectivity index (χ3v) is 10.6. The van der Waals surface area contributed by atoms with Crippen molar-refractivity contribution in [1.82, 2.24) is 19.9 Å². The van der Waals surface area contributed by atoms with Crippen molar-refractivity contribution in [3.63, 3.8) is 0 Å². The second-order valence-electron chi connectivity index (χ2n) is 13.8. The summed E-state index contributed by atoms with van der Waals surface area (Å²) in [5, 5.41) is 9.51. The fourth-order valence-electron chi connectivity index (χ4n) is 7.92. The van der Waals surface area contributed by atoms with Crippen LogP contribution in [0.3, 0.4) is 0 Å². The Morgan fingerprint density at radius 2 is 0.873 bits per heavy atom. The predicted octanol–water partition coefficient (Wildman–Crippen LogP) is 13.0. The molecule has 0 radical (unpaired) electrons. The van der Waals surface area contributed by atoms with E-state index in [0.717, 1.165) is 61.0 Å². The van der Waals surface area contributed by atoms with Gasteiger partial charge in [-0.3, -0.25) is 4.98 Å². The van der Waals surface area contributed by atoms with Crippen LogP contribution in [0.1, 0.15) is 0 Å². The molecule has 3 heterocycles. The Morgan fingerprint density at radius 1 is 0.327 bits per heavy atom. The molecule has 0 aliphatic carbocycles. The first-order valence-corrected chi connectivity index (χ1v) is 18.4. The van der Waals surface area contributed by atoms with E-state index in [1.807, 2.05) is 85.1 Å². The van der Waals surface area contributed by atoms with E-state index < -0.39 is 0 Å². The van der Waals surface area contributed by atoms with Crippen LogP contribution in [0, 0.1) is 0 Å². The van der Waals surface area contributed by atoms with E-state index in [1.54, 1.807) is 0 Å². The molecule has 0 unspecified atom stereocenters. The van der Waals surface area contributed by atoms with Gasteiger partial charge in [0.1, 0.15) is 11.2 Å². The Kier molecular flexibility index (Phi) is 7.10. The lowest BCUT2D eigenvalue weighted by Crippen LogP contribution is -2.00. The van der Waals surface area contributed by atoms with Gasteiger partial charge in [-0.05, 0) is 74.3 Å². The first-order chi connectivity index (χ1) is 27.2. The number of rotatable bonds is 5. The minimum atomic E-state index is 0.588. The smallest absolute Gasteiger partial charge is 0.164 e. The molecule has 256 valence electrons. The number of hydrogen-bond acceptors (Lipinski definition) is 5. The van der Waals surface area contributed by atoms with Crippen molar-refractivity contribution in [2.75, 3.05) is 0 Å². The zero-order valence-corrected chi connectivity index (χ0v) is 29.5. The van der Waals surface area contributed by atoms with Gasteiger partial charge in [-0.25, -0.2) is 15.0 Å². The average Bonchev–Trinajstić information content (AvgIpc) is 3.65. The van der Waals surface area contributed by atoms with Gasteiger partial charge < -0.3 is 4.42 Å². The van der Waals surface area contributed by atoms with E-state index in [0.29, 0.717) is 17.5 Å².